The number of nitrogens with zero attached hydrogens (tertiary/aromatic N) is 2. The van der Waals surface area contributed by atoms with Gasteiger partial charge in [0.2, 0.25) is 11.2 Å². The van der Waals surface area contributed by atoms with E-state index in [4.69, 9.17) is 11.6 Å². The van der Waals surface area contributed by atoms with E-state index >= 15 is 0 Å². The molecule has 0 radical (unpaired) electrons. The van der Waals surface area contributed by atoms with Crippen molar-refractivity contribution in [3.63, 3.8) is 0 Å². The van der Waals surface area contributed by atoms with Gasteiger partial charge in [0.25, 0.3) is 0 Å². The number of hydrogen-bond donors (Lipinski definition) is 2. The molecule has 0 unspecified atom stereocenters. The zero-order chi connectivity index (χ0) is 11.1. The molecule has 80 valence electrons. The van der Waals surface area contributed by atoms with Crippen molar-refractivity contribution in [3.8, 4) is 0 Å². The van der Waals surface area contributed by atoms with Crippen LogP contribution in [-0.2, 0) is 4.79 Å². The van der Waals surface area contributed by atoms with Crippen molar-refractivity contribution >= 4 is 23.3 Å². The molecule has 1 heterocycles. The highest BCUT2D eigenvalue weighted by Crippen LogP contribution is 2.04. The Morgan fingerprint density at radius 1 is 1.67 bits per heavy atom. The van der Waals surface area contributed by atoms with Crippen molar-refractivity contribution in [2.24, 2.45) is 0 Å². The zero-order valence-corrected chi connectivity index (χ0v) is 8.79. The standard InChI is InChI=1S/C9H11ClN4O/c1-2-4-11-6-8(15)13-7-3-5-12-9(10)14-7/h2-3,5,11H,1,4,6H2,(H,12,13,14,15). The van der Waals surface area contributed by atoms with Gasteiger partial charge in [0.15, 0.2) is 0 Å². The number of carbonyl (C=O) groups is 1. The molecule has 6 heteroatoms. The highest BCUT2D eigenvalue weighted by Gasteiger charge is 2.02. The van der Waals surface area contributed by atoms with Crippen LogP contribution in [-0.4, -0.2) is 29.0 Å². The number of anilines is 1. The fourth-order valence-electron chi connectivity index (χ4n) is 0.879. The van der Waals surface area contributed by atoms with Gasteiger partial charge in [-0.1, -0.05) is 6.08 Å². The van der Waals surface area contributed by atoms with Crippen LogP contribution in [0, 0.1) is 0 Å². The molecule has 0 fully saturated rings. The molecule has 0 saturated carbocycles. The van der Waals surface area contributed by atoms with Crippen LogP contribution < -0.4 is 10.6 Å². The van der Waals surface area contributed by atoms with Crippen LogP contribution in [0.25, 0.3) is 0 Å². The van der Waals surface area contributed by atoms with Crippen molar-refractivity contribution in [2.45, 2.75) is 0 Å². The lowest BCUT2D eigenvalue weighted by Gasteiger charge is -2.04. The second-order valence-corrected chi connectivity index (χ2v) is 3.02. The Balaban J connectivity index is 2.40. The Hall–Kier alpha value is -1.46. The van der Waals surface area contributed by atoms with E-state index in [9.17, 15) is 4.79 Å². The van der Waals surface area contributed by atoms with Gasteiger partial charge in [-0.05, 0) is 17.7 Å². The minimum atomic E-state index is -0.188. The lowest BCUT2D eigenvalue weighted by Crippen LogP contribution is -2.28. The first-order valence-corrected chi connectivity index (χ1v) is 4.70. The van der Waals surface area contributed by atoms with Gasteiger partial charge >= 0.3 is 0 Å². The van der Waals surface area contributed by atoms with Gasteiger partial charge < -0.3 is 10.6 Å². The Labute approximate surface area is 92.6 Å². The van der Waals surface area contributed by atoms with Gasteiger partial charge in [-0.15, -0.1) is 6.58 Å². The fraction of sp³-hybridized carbons (Fsp3) is 0.222. The number of amides is 1. The molecule has 1 aromatic rings. The molecule has 1 rings (SSSR count). The Morgan fingerprint density at radius 2 is 2.47 bits per heavy atom. The van der Waals surface area contributed by atoms with Crippen LogP contribution in [0.5, 0.6) is 0 Å². The molecule has 2 N–H and O–H groups in total. The van der Waals surface area contributed by atoms with Gasteiger partial charge in [0.1, 0.15) is 5.82 Å². The van der Waals surface area contributed by atoms with E-state index in [2.05, 4.69) is 27.2 Å². The predicted molar refractivity (Wildman–Crippen MR) is 58.7 cm³/mol. The second-order valence-electron chi connectivity index (χ2n) is 2.68. The number of carbonyl (C=O) groups excluding carboxylic acids is 1. The van der Waals surface area contributed by atoms with E-state index in [0.717, 1.165) is 0 Å². The van der Waals surface area contributed by atoms with Crippen LogP contribution in [0.3, 0.4) is 0 Å². The van der Waals surface area contributed by atoms with Crippen LogP contribution in [0.1, 0.15) is 0 Å². The van der Waals surface area contributed by atoms with E-state index < -0.39 is 0 Å². The summed E-state index contributed by atoms with van der Waals surface area (Å²) < 4.78 is 0. The molecule has 0 aromatic carbocycles. The molecule has 1 amide bonds. The summed E-state index contributed by atoms with van der Waals surface area (Å²) in [6, 6.07) is 1.57. The van der Waals surface area contributed by atoms with Crippen molar-refractivity contribution < 1.29 is 4.79 Å². The largest absolute Gasteiger partial charge is 0.309 e. The first-order chi connectivity index (χ1) is 7.22. The Morgan fingerprint density at radius 3 is 3.13 bits per heavy atom. The number of nitrogens with one attached hydrogen (secondary N) is 2. The molecule has 15 heavy (non-hydrogen) atoms. The molecular weight excluding hydrogens is 216 g/mol. The van der Waals surface area contributed by atoms with Crippen LogP contribution in [0.4, 0.5) is 5.82 Å². The summed E-state index contributed by atoms with van der Waals surface area (Å²) in [6.07, 6.45) is 3.15. The summed E-state index contributed by atoms with van der Waals surface area (Å²) in [4.78, 5) is 18.8. The van der Waals surface area contributed by atoms with Gasteiger partial charge in [-0.25, -0.2) is 9.97 Å². The third-order valence-corrected chi connectivity index (χ3v) is 1.65. The molecule has 0 bridgehead atoms. The predicted octanol–water partition coefficient (Wildman–Crippen LogP) is 0.844. The minimum absolute atomic E-state index is 0.104. The number of hydrogen-bond acceptors (Lipinski definition) is 4. The number of aromatic nitrogens is 2. The topological polar surface area (TPSA) is 66.9 Å². The van der Waals surface area contributed by atoms with E-state index in [1.807, 2.05) is 0 Å². The summed E-state index contributed by atoms with van der Waals surface area (Å²) in [6.45, 7) is 4.30. The average molecular weight is 227 g/mol. The molecule has 0 spiro atoms. The monoisotopic (exact) mass is 226 g/mol. The Kier molecular flexibility index (Phi) is 4.73. The summed E-state index contributed by atoms with van der Waals surface area (Å²) in [7, 11) is 0. The maximum atomic E-state index is 11.3. The number of rotatable bonds is 5. The lowest BCUT2D eigenvalue weighted by atomic mass is 10.5. The maximum absolute atomic E-state index is 11.3. The Bertz CT molecular complexity index is 356. The molecule has 0 atom stereocenters. The summed E-state index contributed by atoms with van der Waals surface area (Å²) in [5.74, 6) is 0.201. The second kappa shape index (κ2) is 6.10. The smallest absolute Gasteiger partial charge is 0.239 e. The molecule has 5 nitrogen and oxygen atoms in total. The zero-order valence-electron chi connectivity index (χ0n) is 8.03. The van der Waals surface area contributed by atoms with Crippen molar-refractivity contribution in [1.82, 2.24) is 15.3 Å². The normalized spacial score (nSPS) is 9.67. The molecule has 0 aliphatic rings. The van der Waals surface area contributed by atoms with Crippen molar-refractivity contribution in [1.29, 1.82) is 0 Å². The fourth-order valence-corrected chi connectivity index (χ4v) is 1.03. The van der Waals surface area contributed by atoms with Gasteiger partial charge in [-0.2, -0.15) is 0 Å². The molecule has 1 aromatic heterocycles. The van der Waals surface area contributed by atoms with Crippen LogP contribution in [0.2, 0.25) is 5.28 Å². The molecule has 0 saturated heterocycles. The third-order valence-electron chi connectivity index (χ3n) is 1.47. The van der Waals surface area contributed by atoms with Gasteiger partial charge in [-0.3, -0.25) is 4.79 Å². The van der Waals surface area contributed by atoms with Gasteiger partial charge in [0, 0.05) is 12.7 Å². The minimum Gasteiger partial charge on any atom is -0.309 e. The maximum Gasteiger partial charge on any atom is 0.239 e. The van der Waals surface area contributed by atoms with Crippen molar-refractivity contribution in [3.05, 3.63) is 30.2 Å². The van der Waals surface area contributed by atoms with Crippen molar-refractivity contribution in [2.75, 3.05) is 18.4 Å². The first kappa shape index (κ1) is 11.6. The summed E-state index contributed by atoms with van der Waals surface area (Å²) in [5, 5.41) is 5.54. The van der Waals surface area contributed by atoms with Crippen LogP contribution in [0.15, 0.2) is 24.9 Å². The van der Waals surface area contributed by atoms with E-state index in [1.54, 1.807) is 12.1 Å². The van der Waals surface area contributed by atoms with Gasteiger partial charge in [0.05, 0.1) is 6.54 Å². The first-order valence-electron chi connectivity index (χ1n) is 4.32. The van der Waals surface area contributed by atoms with Crippen LogP contribution >= 0.6 is 11.6 Å². The average Bonchev–Trinajstić information content (AvgIpc) is 2.18. The third kappa shape index (κ3) is 4.53. The molecule has 0 aliphatic carbocycles. The highest BCUT2D eigenvalue weighted by atomic mass is 35.5. The SMILES string of the molecule is C=CCNCC(=O)Nc1ccnc(Cl)n1. The summed E-state index contributed by atoms with van der Waals surface area (Å²) >= 11 is 5.55. The van der Waals surface area contributed by atoms with E-state index in [-0.39, 0.29) is 17.7 Å². The summed E-state index contributed by atoms with van der Waals surface area (Å²) in [5.41, 5.74) is 0. The van der Waals surface area contributed by atoms with E-state index in [1.165, 1.54) is 6.20 Å². The molecular formula is C9H11ClN4O. The lowest BCUT2D eigenvalue weighted by molar-refractivity contribution is -0.115. The molecule has 0 aliphatic heterocycles. The number of halogens is 1. The van der Waals surface area contributed by atoms with E-state index in [0.29, 0.717) is 12.4 Å². The quantitative estimate of drug-likeness (QED) is 0.444. The highest BCUT2D eigenvalue weighted by molar-refractivity contribution is 6.28.